The number of rotatable bonds is 8. The fourth-order valence-corrected chi connectivity index (χ4v) is 4.12. The van der Waals surface area contributed by atoms with Gasteiger partial charge in [-0.3, -0.25) is 4.79 Å². The maximum atomic E-state index is 12.9. The van der Waals surface area contributed by atoms with E-state index in [1.54, 1.807) is 37.4 Å². The molecule has 0 bridgehead atoms. The van der Waals surface area contributed by atoms with Crippen LogP contribution in [0.4, 0.5) is 5.69 Å². The SMILES string of the molecule is CCCCOc1ccc(C(=O)Nc2ccc(Cl)c(-c3nnc4n3CCCCC4)c2)cc1OC. The van der Waals surface area contributed by atoms with E-state index in [0.29, 0.717) is 34.4 Å². The lowest BCUT2D eigenvalue weighted by Crippen LogP contribution is -2.12. The molecular formula is C25H29ClN4O3. The third kappa shape index (κ3) is 5.30. The van der Waals surface area contributed by atoms with Crippen molar-refractivity contribution in [2.75, 3.05) is 19.0 Å². The molecule has 1 aromatic heterocycles. The van der Waals surface area contributed by atoms with E-state index in [-0.39, 0.29) is 5.91 Å². The molecule has 33 heavy (non-hydrogen) atoms. The summed E-state index contributed by atoms with van der Waals surface area (Å²) < 4.78 is 13.3. The van der Waals surface area contributed by atoms with Gasteiger partial charge >= 0.3 is 0 Å². The summed E-state index contributed by atoms with van der Waals surface area (Å²) in [7, 11) is 1.57. The number of aromatic nitrogens is 3. The first-order chi connectivity index (χ1) is 16.1. The van der Waals surface area contributed by atoms with Crippen molar-refractivity contribution in [1.29, 1.82) is 0 Å². The summed E-state index contributed by atoms with van der Waals surface area (Å²) in [5.74, 6) is 2.64. The predicted molar refractivity (Wildman–Crippen MR) is 129 cm³/mol. The zero-order chi connectivity index (χ0) is 23.2. The van der Waals surface area contributed by atoms with Crippen molar-refractivity contribution < 1.29 is 14.3 Å². The largest absolute Gasteiger partial charge is 0.493 e. The summed E-state index contributed by atoms with van der Waals surface area (Å²) in [4.78, 5) is 12.9. The summed E-state index contributed by atoms with van der Waals surface area (Å²) >= 11 is 6.51. The molecule has 7 nitrogen and oxygen atoms in total. The van der Waals surface area contributed by atoms with E-state index in [2.05, 4.69) is 27.0 Å². The number of aryl methyl sites for hydroxylation is 1. The molecular weight excluding hydrogens is 440 g/mol. The monoisotopic (exact) mass is 468 g/mol. The molecule has 1 amide bonds. The van der Waals surface area contributed by atoms with E-state index >= 15 is 0 Å². The van der Waals surface area contributed by atoms with Crippen LogP contribution in [0.2, 0.25) is 5.02 Å². The second-order valence-corrected chi connectivity index (χ2v) is 8.53. The van der Waals surface area contributed by atoms with Gasteiger partial charge in [0.25, 0.3) is 5.91 Å². The highest BCUT2D eigenvalue weighted by Gasteiger charge is 2.19. The standard InChI is InChI=1S/C25H29ClN4O3/c1-3-4-14-33-21-12-9-17(15-22(21)32-2)25(31)27-18-10-11-20(26)19(16-18)24-29-28-23-8-6-5-7-13-30(23)24/h9-12,15-16H,3-8,13-14H2,1-2H3,(H,27,31). The fraction of sp³-hybridized carbons (Fsp3) is 0.400. The van der Waals surface area contributed by atoms with Gasteiger partial charge in [0.15, 0.2) is 17.3 Å². The second-order valence-electron chi connectivity index (χ2n) is 8.12. The van der Waals surface area contributed by atoms with Gasteiger partial charge in [0.2, 0.25) is 0 Å². The smallest absolute Gasteiger partial charge is 0.255 e. The molecule has 8 heteroatoms. The number of hydrogen-bond acceptors (Lipinski definition) is 5. The quantitative estimate of drug-likeness (QED) is 0.425. The van der Waals surface area contributed by atoms with Crippen LogP contribution < -0.4 is 14.8 Å². The Balaban J connectivity index is 1.54. The molecule has 0 saturated heterocycles. The van der Waals surface area contributed by atoms with Crippen molar-refractivity contribution in [3.63, 3.8) is 0 Å². The Morgan fingerprint density at radius 2 is 2.00 bits per heavy atom. The van der Waals surface area contributed by atoms with Crippen LogP contribution in [0.1, 0.15) is 55.2 Å². The second kappa shape index (κ2) is 10.7. The van der Waals surface area contributed by atoms with Crippen LogP contribution >= 0.6 is 11.6 Å². The van der Waals surface area contributed by atoms with E-state index in [0.717, 1.165) is 55.9 Å². The topological polar surface area (TPSA) is 78.3 Å². The Kier molecular flexibility index (Phi) is 7.50. The molecule has 1 N–H and O–H groups in total. The van der Waals surface area contributed by atoms with Gasteiger partial charge < -0.3 is 19.4 Å². The Bertz CT molecular complexity index is 1130. The van der Waals surface area contributed by atoms with E-state index < -0.39 is 0 Å². The number of amides is 1. The molecule has 0 unspecified atom stereocenters. The minimum absolute atomic E-state index is 0.248. The van der Waals surface area contributed by atoms with E-state index in [1.165, 1.54) is 6.42 Å². The van der Waals surface area contributed by atoms with Crippen molar-refractivity contribution in [3.8, 4) is 22.9 Å². The minimum atomic E-state index is -0.248. The highest BCUT2D eigenvalue weighted by Crippen LogP contribution is 2.32. The van der Waals surface area contributed by atoms with E-state index in [1.807, 2.05) is 6.07 Å². The zero-order valence-corrected chi connectivity index (χ0v) is 19.8. The Hall–Kier alpha value is -3.06. The Morgan fingerprint density at radius 3 is 2.82 bits per heavy atom. The molecule has 1 aliphatic heterocycles. The van der Waals surface area contributed by atoms with Gasteiger partial charge in [-0.1, -0.05) is 31.4 Å². The number of methoxy groups -OCH3 is 1. The molecule has 0 radical (unpaired) electrons. The normalized spacial score (nSPS) is 13.2. The average molecular weight is 469 g/mol. The maximum Gasteiger partial charge on any atom is 0.255 e. The number of anilines is 1. The van der Waals surface area contributed by atoms with E-state index in [4.69, 9.17) is 21.1 Å². The number of halogens is 1. The summed E-state index contributed by atoms with van der Waals surface area (Å²) in [6.45, 7) is 3.59. The number of carbonyl (C=O) groups is 1. The van der Waals surface area contributed by atoms with Gasteiger partial charge in [-0.05, 0) is 55.7 Å². The molecule has 0 saturated carbocycles. The first-order valence-corrected chi connectivity index (χ1v) is 11.8. The molecule has 0 fully saturated rings. The number of nitrogens with one attached hydrogen (secondary N) is 1. The third-order valence-electron chi connectivity index (χ3n) is 5.76. The van der Waals surface area contributed by atoms with Crippen molar-refractivity contribution >= 4 is 23.2 Å². The molecule has 3 aromatic rings. The van der Waals surface area contributed by atoms with Crippen LogP contribution in [0.3, 0.4) is 0 Å². The number of nitrogens with zero attached hydrogens (tertiary/aromatic N) is 3. The number of hydrogen-bond donors (Lipinski definition) is 1. The number of benzene rings is 2. The summed E-state index contributed by atoms with van der Waals surface area (Å²) in [5.41, 5.74) is 1.86. The summed E-state index contributed by atoms with van der Waals surface area (Å²) in [5, 5.41) is 12.3. The predicted octanol–water partition coefficient (Wildman–Crippen LogP) is 5.76. The van der Waals surface area contributed by atoms with Crippen LogP contribution in [0.5, 0.6) is 11.5 Å². The van der Waals surface area contributed by atoms with Crippen LogP contribution in [-0.2, 0) is 13.0 Å². The van der Waals surface area contributed by atoms with Gasteiger partial charge in [-0.15, -0.1) is 10.2 Å². The van der Waals surface area contributed by atoms with Crippen LogP contribution in [0, 0.1) is 0 Å². The van der Waals surface area contributed by atoms with Crippen molar-refractivity contribution in [3.05, 3.63) is 52.8 Å². The van der Waals surface area contributed by atoms with Crippen molar-refractivity contribution in [1.82, 2.24) is 14.8 Å². The third-order valence-corrected chi connectivity index (χ3v) is 6.09. The number of ether oxygens (including phenoxy) is 2. The zero-order valence-electron chi connectivity index (χ0n) is 19.1. The number of carbonyl (C=O) groups excluding carboxylic acids is 1. The lowest BCUT2D eigenvalue weighted by Gasteiger charge is -2.13. The minimum Gasteiger partial charge on any atom is -0.493 e. The lowest BCUT2D eigenvalue weighted by atomic mass is 10.1. The van der Waals surface area contributed by atoms with Gasteiger partial charge in [0, 0.05) is 29.8 Å². The first kappa shape index (κ1) is 23.1. The number of fused-ring (bicyclic) bond motifs is 1. The van der Waals surface area contributed by atoms with Crippen LogP contribution in [-0.4, -0.2) is 34.4 Å². The number of unbranched alkanes of at least 4 members (excludes halogenated alkanes) is 1. The highest BCUT2D eigenvalue weighted by molar-refractivity contribution is 6.33. The Labute approximate surface area is 199 Å². The van der Waals surface area contributed by atoms with Gasteiger partial charge in [0.05, 0.1) is 18.7 Å². The lowest BCUT2D eigenvalue weighted by molar-refractivity contribution is 0.102. The van der Waals surface area contributed by atoms with Crippen LogP contribution in [0.25, 0.3) is 11.4 Å². The van der Waals surface area contributed by atoms with Crippen LogP contribution in [0.15, 0.2) is 36.4 Å². The van der Waals surface area contributed by atoms with Gasteiger partial charge in [0.1, 0.15) is 5.82 Å². The van der Waals surface area contributed by atoms with Gasteiger partial charge in [-0.2, -0.15) is 0 Å². The first-order valence-electron chi connectivity index (χ1n) is 11.4. The molecule has 174 valence electrons. The fourth-order valence-electron chi connectivity index (χ4n) is 3.92. The molecule has 0 spiro atoms. The molecule has 0 atom stereocenters. The van der Waals surface area contributed by atoms with E-state index in [9.17, 15) is 4.79 Å². The molecule has 2 heterocycles. The molecule has 4 rings (SSSR count). The highest BCUT2D eigenvalue weighted by atomic mass is 35.5. The van der Waals surface area contributed by atoms with Crippen molar-refractivity contribution in [2.24, 2.45) is 0 Å². The average Bonchev–Trinajstić information content (AvgIpc) is 3.07. The van der Waals surface area contributed by atoms with Gasteiger partial charge in [-0.25, -0.2) is 0 Å². The maximum absolute atomic E-state index is 12.9. The molecule has 1 aliphatic rings. The Morgan fingerprint density at radius 1 is 1.12 bits per heavy atom. The van der Waals surface area contributed by atoms with Crippen molar-refractivity contribution in [2.45, 2.75) is 52.0 Å². The molecule has 2 aromatic carbocycles. The molecule has 0 aliphatic carbocycles. The summed E-state index contributed by atoms with van der Waals surface area (Å²) in [6.07, 6.45) is 6.31. The summed E-state index contributed by atoms with van der Waals surface area (Å²) in [6, 6.07) is 10.6.